The molecule has 0 heterocycles. The van der Waals surface area contributed by atoms with Crippen LogP contribution < -0.4 is 5.11 Å². The molecule has 13 heavy (non-hydrogen) atoms. The van der Waals surface area contributed by atoms with Gasteiger partial charge in [0.15, 0.2) is 0 Å². The summed E-state index contributed by atoms with van der Waals surface area (Å²) in [6.45, 7) is 3.11. The summed E-state index contributed by atoms with van der Waals surface area (Å²) in [6.07, 6.45) is 0. The Balaban J connectivity index is 3.53. The first-order valence-electron chi connectivity index (χ1n) is 3.56. The van der Waals surface area contributed by atoms with Gasteiger partial charge in [-0.15, -0.1) is 0 Å². The third-order valence-corrected chi connectivity index (χ3v) is 2.38. The van der Waals surface area contributed by atoms with Gasteiger partial charge in [-0.1, -0.05) is 17.7 Å². The Hall–Kier alpha value is -1.29. The number of benzene rings is 1. The van der Waals surface area contributed by atoms with E-state index in [9.17, 15) is 15.2 Å². The highest BCUT2D eigenvalue weighted by Gasteiger charge is 2.15. The van der Waals surface area contributed by atoms with Crippen LogP contribution in [0.4, 0.5) is 5.69 Å². The lowest BCUT2D eigenvalue weighted by Gasteiger charge is -2.11. The average molecular weight is 201 g/mol. The summed E-state index contributed by atoms with van der Waals surface area (Å²) >= 11 is 5.76. The van der Waals surface area contributed by atoms with Gasteiger partial charge in [-0.3, -0.25) is 10.1 Å². The molecular weight excluding hydrogens is 194 g/mol. The van der Waals surface area contributed by atoms with Gasteiger partial charge in [0.05, 0.1) is 9.95 Å². The summed E-state index contributed by atoms with van der Waals surface area (Å²) in [5.74, 6) is -0.593. The Morgan fingerprint density at radius 2 is 2.00 bits per heavy atom. The summed E-state index contributed by atoms with van der Waals surface area (Å²) in [5.41, 5.74) is 0.363. The van der Waals surface area contributed by atoms with E-state index >= 15 is 0 Å². The average Bonchev–Trinajstić information content (AvgIpc) is 1.99. The molecule has 0 saturated carbocycles. The normalized spacial score (nSPS) is 10.1. The van der Waals surface area contributed by atoms with Gasteiger partial charge in [0.2, 0.25) is 0 Å². The van der Waals surface area contributed by atoms with Crippen LogP contribution in [-0.2, 0) is 0 Å². The fraction of sp³-hybridized carbons (Fsp3) is 0.250. The van der Waals surface area contributed by atoms with Gasteiger partial charge in [0, 0.05) is 5.56 Å². The first kappa shape index (κ1) is 9.80. The molecule has 0 amide bonds. The van der Waals surface area contributed by atoms with E-state index < -0.39 is 16.4 Å². The molecule has 4 nitrogen and oxygen atoms in total. The van der Waals surface area contributed by atoms with E-state index in [1.807, 2.05) is 0 Å². The SMILES string of the molecule is Cc1cc([O-])c([N+](=O)[O-])c(C)c1Cl. The van der Waals surface area contributed by atoms with Gasteiger partial charge < -0.3 is 5.11 Å². The van der Waals surface area contributed by atoms with Crippen LogP contribution in [0, 0.1) is 24.0 Å². The van der Waals surface area contributed by atoms with Crippen molar-refractivity contribution in [3.63, 3.8) is 0 Å². The number of aryl methyl sites for hydroxylation is 1. The van der Waals surface area contributed by atoms with Crippen LogP contribution in [-0.4, -0.2) is 4.92 Å². The van der Waals surface area contributed by atoms with E-state index in [0.29, 0.717) is 5.56 Å². The minimum absolute atomic E-state index is 0.233. The standard InChI is InChI=1S/C8H8ClNO3/c1-4-3-6(11)8(10(12)13)5(2)7(4)9/h3,11H,1-2H3/p-1. The minimum atomic E-state index is -0.705. The molecule has 0 fully saturated rings. The zero-order valence-corrected chi connectivity index (χ0v) is 7.88. The second-order valence-electron chi connectivity index (χ2n) is 2.74. The van der Waals surface area contributed by atoms with Gasteiger partial charge in [0.25, 0.3) is 5.69 Å². The second-order valence-corrected chi connectivity index (χ2v) is 3.11. The molecule has 0 atom stereocenters. The summed E-state index contributed by atoms with van der Waals surface area (Å²) in [5, 5.41) is 21.9. The predicted molar refractivity (Wildman–Crippen MR) is 47.0 cm³/mol. The van der Waals surface area contributed by atoms with Crippen LogP contribution in [0.15, 0.2) is 6.07 Å². The van der Waals surface area contributed by atoms with Crippen LogP contribution in [0.1, 0.15) is 11.1 Å². The molecule has 0 bridgehead atoms. The molecule has 0 spiro atoms. The van der Waals surface area contributed by atoms with Crippen molar-refractivity contribution in [3.8, 4) is 5.75 Å². The Morgan fingerprint density at radius 3 is 2.46 bits per heavy atom. The third-order valence-electron chi connectivity index (χ3n) is 1.79. The Bertz CT molecular complexity index is 376. The van der Waals surface area contributed by atoms with Crippen LogP contribution in [0.25, 0.3) is 0 Å². The fourth-order valence-electron chi connectivity index (χ4n) is 1.14. The van der Waals surface area contributed by atoms with Gasteiger partial charge >= 0.3 is 0 Å². The lowest BCUT2D eigenvalue weighted by molar-refractivity contribution is -0.398. The molecule has 0 radical (unpaired) electrons. The summed E-state index contributed by atoms with van der Waals surface area (Å²) in [7, 11) is 0. The van der Waals surface area contributed by atoms with E-state index in [0.717, 1.165) is 0 Å². The number of hydrogen-bond donors (Lipinski definition) is 0. The van der Waals surface area contributed by atoms with Gasteiger partial charge in [-0.05, 0) is 25.2 Å². The topological polar surface area (TPSA) is 66.2 Å². The predicted octanol–water partition coefficient (Wildman–Crippen LogP) is 1.94. The molecule has 0 aliphatic carbocycles. The molecule has 0 aromatic heterocycles. The summed E-state index contributed by atoms with van der Waals surface area (Å²) in [4.78, 5) is 9.75. The Labute approximate surface area is 79.9 Å². The number of halogens is 1. The van der Waals surface area contributed by atoms with Crippen molar-refractivity contribution in [3.05, 3.63) is 32.3 Å². The van der Waals surface area contributed by atoms with Gasteiger partial charge in [-0.25, -0.2) is 0 Å². The highest BCUT2D eigenvalue weighted by molar-refractivity contribution is 6.32. The van der Waals surface area contributed by atoms with Crippen molar-refractivity contribution < 1.29 is 10.0 Å². The van der Waals surface area contributed by atoms with E-state index in [1.165, 1.54) is 13.0 Å². The maximum atomic E-state index is 11.2. The van der Waals surface area contributed by atoms with Crippen molar-refractivity contribution in [2.45, 2.75) is 13.8 Å². The molecule has 1 aromatic rings. The highest BCUT2D eigenvalue weighted by atomic mass is 35.5. The molecule has 1 aromatic carbocycles. The van der Waals surface area contributed by atoms with E-state index in [4.69, 9.17) is 11.6 Å². The van der Waals surface area contributed by atoms with Crippen molar-refractivity contribution in [1.29, 1.82) is 0 Å². The largest absolute Gasteiger partial charge is 0.868 e. The Kier molecular flexibility index (Phi) is 2.43. The number of hydrogen-bond acceptors (Lipinski definition) is 3. The van der Waals surface area contributed by atoms with Crippen molar-refractivity contribution in [2.24, 2.45) is 0 Å². The van der Waals surface area contributed by atoms with Crippen molar-refractivity contribution in [2.75, 3.05) is 0 Å². The lowest BCUT2D eigenvalue weighted by atomic mass is 10.1. The molecule has 0 N–H and O–H groups in total. The van der Waals surface area contributed by atoms with Gasteiger partial charge in [0.1, 0.15) is 0 Å². The molecule has 0 saturated heterocycles. The van der Waals surface area contributed by atoms with Crippen LogP contribution in [0.5, 0.6) is 5.75 Å². The monoisotopic (exact) mass is 200 g/mol. The number of rotatable bonds is 1. The van der Waals surface area contributed by atoms with Crippen LogP contribution in [0.2, 0.25) is 5.02 Å². The van der Waals surface area contributed by atoms with E-state index in [1.54, 1.807) is 6.92 Å². The second kappa shape index (κ2) is 3.22. The zero-order valence-electron chi connectivity index (χ0n) is 7.13. The number of nitro benzene ring substituents is 1. The Morgan fingerprint density at radius 1 is 1.46 bits per heavy atom. The zero-order chi connectivity index (χ0) is 10.2. The molecule has 0 unspecified atom stereocenters. The molecule has 70 valence electrons. The van der Waals surface area contributed by atoms with Gasteiger partial charge in [-0.2, -0.15) is 0 Å². The maximum absolute atomic E-state index is 11.2. The molecule has 1 rings (SSSR count). The third kappa shape index (κ3) is 1.58. The minimum Gasteiger partial charge on any atom is -0.868 e. The van der Waals surface area contributed by atoms with E-state index in [-0.39, 0.29) is 10.6 Å². The maximum Gasteiger partial charge on any atom is 0.266 e. The summed E-state index contributed by atoms with van der Waals surface area (Å²) in [6, 6.07) is 1.17. The fourth-order valence-corrected chi connectivity index (χ4v) is 1.28. The number of nitro groups is 1. The molecule has 5 heteroatoms. The van der Waals surface area contributed by atoms with Crippen LogP contribution in [0.3, 0.4) is 0 Å². The molecule has 0 aliphatic rings. The quantitative estimate of drug-likeness (QED) is 0.514. The van der Waals surface area contributed by atoms with Crippen molar-refractivity contribution >= 4 is 17.3 Å². The number of nitrogens with zero attached hydrogens (tertiary/aromatic N) is 1. The first-order chi connectivity index (χ1) is 5.95. The smallest absolute Gasteiger partial charge is 0.266 e. The summed E-state index contributed by atoms with van der Waals surface area (Å²) < 4.78 is 0. The van der Waals surface area contributed by atoms with Crippen molar-refractivity contribution in [1.82, 2.24) is 0 Å². The van der Waals surface area contributed by atoms with Crippen LogP contribution >= 0.6 is 11.6 Å². The molecular formula is C8H7ClNO3-. The van der Waals surface area contributed by atoms with E-state index in [2.05, 4.69) is 0 Å². The first-order valence-corrected chi connectivity index (χ1v) is 3.94. The lowest BCUT2D eigenvalue weighted by Crippen LogP contribution is -2.01. The highest BCUT2D eigenvalue weighted by Crippen LogP contribution is 2.34. The molecule has 0 aliphatic heterocycles.